The summed E-state index contributed by atoms with van der Waals surface area (Å²) in [5, 5.41) is 15.9. The van der Waals surface area contributed by atoms with Crippen molar-refractivity contribution >= 4 is 30.1 Å². The number of aliphatic hydroxyl groups is 1. The quantitative estimate of drug-likeness (QED) is 0.767. The molecule has 0 radical (unpaired) electrons. The smallest absolute Gasteiger partial charge is 0.238 e. The molecule has 0 saturated carbocycles. The van der Waals surface area contributed by atoms with Crippen molar-refractivity contribution in [1.82, 2.24) is 10.6 Å². The van der Waals surface area contributed by atoms with E-state index in [0.717, 1.165) is 17.2 Å². The molecule has 6 heteroatoms. The summed E-state index contributed by atoms with van der Waals surface area (Å²) < 4.78 is 0. The lowest BCUT2D eigenvalue weighted by molar-refractivity contribution is -0.122. The lowest BCUT2D eigenvalue weighted by Gasteiger charge is -2.13. The van der Waals surface area contributed by atoms with Crippen LogP contribution in [0.2, 0.25) is 0 Å². The lowest BCUT2D eigenvalue weighted by atomic mass is 10.1. The van der Waals surface area contributed by atoms with Crippen molar-refractivity contribution in [2.75, 3.05) is 18.2 Å². The monoisotopic (exact) mass is 302 g/mol. The summed E-state index contributed by atoms with van der Waals surface area (Å²) in [4.78, 5) is 11.7. The van der Waals surface area contributed by atoms with Crippen LogP contribution < -0.4 is 10.6 Å². The predicted molar refractivity (Wildman–Crippen MR) is 80.5 cm³/mol. The van der Waals surface area contributed by atoms with Gasteiger partial charge >= 0.3 is 0 Å². The van der Waals surface area contributed by atoms with Gasteiger partial charge in [0, 0.05) is 18.2 Å². The number of hydrogen-bond donors (Lipinski definition) is 3. The van der Waals surface area contributed by atoms with Crippen LogP contribution >= 0.6 is 24.2 Å². The first-order valence-electron chi connectivity index (χ1n) is 6.09. The van der Waals surface area contributed by atoms with Crippen LogP contribution in [-0.2, 0) is 4.79 Å². The molecule has 106 valence electrons. The first kappa shape index (κ1) is 16.3. The second kappa shape index (κ2) is 8.43. The molecule has 0 aliphatic carbocycles. The Kier molecular flexibility index (Phi) is 7.23. The molecule has 3 N–H and O–H groups in total. The predicted octanol–water partition coefficient (Wildman–Crippen LogP) is 1.31. The fourth-order valence-electron chi connectivity index (χ4n) is 1.86. The van der Waals surface area contributed by atoms with Gasteiger partial charge in [-0.05, 0) is 12.0 Å². The van der Waals surface area contributed by atoms with E-state index in [4.69, 9.17) is 0 Å². The first-order chi connectivity index (χ1) is 8.77. The molecule has 2 rings (SSSR count). The Bertz CT molecular complexity index is 385. The summed E-state index contributed by atoms with van der Waals surface area (Å²) in [6.45, 7) is 0.498. The van der Waals surface area contributed by atoms with Gasteiger partial charge in [0.25, 0.3) is 0 Å². The lowest BCUT2D eigenvalue weighted by Crippen LogP contribution is -2.42. The number of thioether (sulfide) groups is 1. The molecular formula is C13H19ClN2O2S. The van der Waals surface area contributed by atoms with Crippen LogP contribution in [0.1, 0.15) is 18.1 Å². The van der Waals surface area contributed by atoms with Crippen molar-refractivity contribution < 1.29 is 9.90 Å². The van der Waals surface area contributed by atoms with Crippen molar-refractivity contribution in [3.8, 4) is 0 Å². The Hall–Kier alpha value is -0.750. The highest BCUT2D eigenvalue weighted by atomic mass is 35.5. The highest BCUT2D eigenvalue weighted by Crippen LogP contribution is 2.15. The Morgan fingerprint density at radius 2 is 2.21 bits per heavy atom. The third-order valence-corrected chi connectivity index (χ3v) is 3.87. The van der Waals surface area contributed by atoms with Crippen LogP contribution in [0.15, 0.2) is 30.3 Å². The number of amides is 1. The van der Waals surface area contributed by atoms with Gasteiger partial charge in [0.1, 0.15) is 0 Å². The molecule has 1 aliphatic rings. The van der Waals surface area contributed by atoms with Crippen LogP contribution in [0.3, 0.4) is 0 Å². The van der Waals surface area contributed by atoms with E-state index in [1.807, 2.05) is 30.3 Å². The molecule has 1 saturated heterocycles. The van der Waals surface area contributed by atoms with Crippen molar-refractivity contribution in [2.45, 2.75) is 18.6 Å². The maximum atomic E-state index is 11.7. The molecule has 2 atom stereocenters. The zero-order valence-electron chi connectivity index (χ0n) is 10.5. The minimum Gasteiger partial charge on any atom is -0.388 e. The molecular weight excluding hydrogens is 284 g/mol. The van der Waals surface area contributed by atoms with Gasteiger partial charge in [-0.2, -0.15) is 0 Å². The SMILES string of the molecule is Cl.O=C(NCCC(O)c1ccccc1)[C@H]1CSCN1. The number of carbonyl (C=O) groups is 1. The molecule has 1 aliphatic heterocycles. The van der Waals surface area contributed by atoms with Gasteiger partial charge in [-0.3, -0.25) is 10.1 Å². The number of aliphatic hydroxyl groups excluding tert-OH is 1. The van der Waals surface area contributed by atoms with Crippen LogP contribution in [-0.4, -0.2) is 35.2 Å². The minimum atomic E-state index is -0.516. The Balaban J connectivity index is 0.00000180. The molecule has 4 nitrogen and oxygen atoms in total. The van der Waals surface area contributed by atoms with Crippen molar-refractivity contribution in [3.05, 3.63) is 35.9 Å². The van der Waals surface area contributed by atoms with Gasteiger partial charge < -0.3 is 10.4 Å². The number of halogens is 1. The third kappa shape index (κ3) is 5.03. The highest BCUT2D eigenvalue weighted by Gasteiger charge is 2.22. The molecule has 1 aromatic carbocycles. The van der Waals surface area contributed by atoms with Crippen LogP contribution in [0, 0.1) is 0 Å². The molecule has 1 amide bonds. The van der Waals surface area contributed by atoms with E-state index in [0.29, 0.717) is 13.0 Å². The van der Waals surface area contributed by atoms with Gasteiger partial charge in [0.15, 0.2) is 0 Å². The summed E-state index contributed by atoms with van der Waals surface area (Å²) in [5.41, 5.74) is 0.890. The summed E-state index contributed by atoms with van der Waals surface area (Å²) in [6.07, 6.45) is 0.0210. The molecule has 0 bridgehead atoms. The van der Waals surface area contributed by atoms with Crippen LogP contribution in [0.5, 0.6) is 0 Å². The van der Waals surface area contributed by atoms with E-state index >= 15 is 0 Å². The van der Waals surface area contributed by atoms with Gasteiger partial charge in [-0.1, -0.05) is 30.3 Å². The fourth-order valence-corrected chi connectivity index (χ4v) is 2.80. The summed E-state index contributed by atoms with van der Waals surface area (Å²) in [5.74, 6) is 1.69. The largest absolute Gasteiger partial charge is 0.388 e. The summed E-state index contributed by atoms with van der Waals surface area (Å²) in [7, 11) is 0. The molecule has 0 spiro atoms. The van der Waals surface area contributed by atoms with Crippen molar-refractivity contribution in [1.29, 1.82) is 0 Å². The van der Waals surface area contributed by atoms with Gasteiger partial charge in [-0.25, -0.2) is 0 Å². The Morgan fingerprint density at radius 1 is 1.47 bits per heavy atom. The zero-order chi connectivity index (χ0) is 12.8. The number of benzene rings is 1. The molecule has 1 heterocycles. The highest BCUT2D eigenvalue weighted by molar-refractivity contribution is 7.99. The van der Waals surface area contributed by atoms with E-state index in [9.17, 15) is 9.90 Å². The van der Waals surface area contributed by atoms with Gasteiger partial charge in [0.05, 0.1) is 12.1 Å². The zero-order valence-corrected chi connectivity index (χ0v) is 12.2. The topological polar surface area (TPSA) is 61.4 Å². The van der Waals surface area contributed by atoms with E-state index in [2.05, 4.69) is 10.6 Å². The summed E-state index contributed by atoms with van der Waals surface area (Å²) >= 11 is 1.73. The van der Waals surface area contributed by atoms with Crippen LogP contribution in [0.25, 0.3) is 0 Å². The molecule has 1 fully saturated rings. The fraction of sp³-hybridized carbons (Fsp3) is 0.462. The van der Waals surface area contributed by atoms with Crippen molar-refractivity contribution in [2.24, 2.45) is 0 Å². The number of rotatable bonds is 5. The minimum absolute atomic E-state index is 0. The van der Waals surface area contributed by atoms with E-state index in [1.54, 1.807) is 11.8 Å². The molecule has 0 aromatic heterocycles. The normalized spacial score (nSPS) is 19.5. The average Bonchev–Trinajstić information content (AvgIpc) is 2.93. The maximum absolute atomic E-state index is 11.7. The van der Waals surface area contributed by atoms with E-state index in [1.165, 1.54) is 0 Å². The van der Waals surface area contributed by atoms with Crippen molar-refractivity contribution in [3.63, 3.8) is 0 Å². The number of hydrogen-bond acceptors (Lipinski definition) is 4. The number of carbonyl (C=O) groups excluding carboxylic acids is 1. The van der Waals surface area contributed by atoms with Gasteiger partial charge in [-0.15, -0.1) is 24.2 Å². The molecule has 1 aromatic rings. The van der Waals surface area contributed by atoms with Gasteiger partial charge in [0.2, 0.25) is 5.91 Å². The second-order valence-corrected chi connectivity index (χ2v) is 5.31. The van der Waals surface area contributed by atoms with E-state index in [-0.39, 0.29) is 24.4 Å². The molecule has 19 heavy (non-hydrogen) atoms. The Labute approximate surface area is 123 Å². The molecule has 1 unspecified atom stereocenters. The second-order valence-electron chi connectivity index (χ2n) is 4.28. The Morgan fingerprint density at radius 3 is 2.84 bits per heavy atom. The van der Waals surface area contributed by atoms with Crippen LogP contribution in [0.4, 0.5) is 0 Å². The summed E-state index contributed by atoms with van der Waals surface area (Å²) in [6, 6.07) is 9.42. The maximum Gasteiger partial charge on any atom is 0.238 e. The standard InChI is InChI=1S/C13H18N2O2S.ClH/c16-12(10-4-2-1-3-5-10)6-7-14-13(17)11-8-18-9-15-11;/h1-5,11-12,15-16H,6-9H2,(H,14,17);1H/t11-,12?;/m1./s1. The first-order valence-corrected chi connectivity index (χ1v) is 7.24. The number of nitrogens with one attached hydrogen (secondary N) is 2. The third-order valence-electron chi connectivity index (χ3n) is 2.93. The van der Waals surface area contributed by atoms with E-state index < -0.39 is 6.10 Å². The average molecular weight is 303 g/mol.